The van der Waals surface area contributed by atoms with E-state index in [1.807, 2.05) is 0 Å². The molecule has 1 aromatic carbocycles. The molecule has 178 valence electrons. The predicted molar refractivity (Wildman–Crippen MR) is 119 cm³/mol. The summed E-state index contributed by atoms with van der Waals surface area (Å²) in [6.07, 6.45) is -2.09. The van der Waals surface area contributed by atoms with Gasteiger partial charge >= 0.3 is 12.1 Å². The second kappa shape index (κ2) is 10.4. The Morgan fingerprint density at radius 3 is 2.22 bits per heavy atom. The van der Waals surface area contributed by atoms with E-state index in [9.17, 15) is 14.4 Å². The Kier molecular flexibility index (Phi) is 8.53. The highest BCUT2D eigenvalue weighted by Gasteiger charge is 2.56. The highest BCUT2D eigenvalue weighted by molar-refractivity contribution is 6.67. The molecule has 1 heterocycles. The van der Waals surface area contributed by atoms with Crippen molar-refractivity contribution in [2.45, 2.75) is 55.8 Å². The number of amides is 1. The van der Waals surface area contributed by atoms with Gasteiger partial charge in [0.05, 0.1) is 7.11 Å². The number of alkyl halides is 3. The minimum atomic E-state index is -1.80. The van der Waals surface area contributed by atoms with Gasteiger partial charge in [-0.15, -0.1) is 0 Å². The van der Waals surface area contributed by atoms with Crippen molar-refractivity contribution in [2.24, 2.45) is 5.92 Å². The van der Waals surface area contributed by atoms with E-state index in [1.165, 1.54) is 11.8 Å². The quantitative estimate of drug-likeness (QED) is 0.307. The number of β-lactam (4-membered cyclic amide) rings is 1. The van der Waals surface area contributed by atoms with Crippen LogP contribution in [0, 0.1) is 5.92 Å². The first-order valence-electron chi connectivity index (χ1n) is 9.78. The Hall–Kier alpha value is -1.90. The van der Waals surface area contributed by atoms with Crippen molar-refractivity contribution in [3.63, 3.8) is 0 Å². The smallest absolute Gasteiger partial charge is 0.497 e. The number of rotatable bonds is 7. The zero-order chi connectivity index (χ0) is 24.3. The summed E-state index contributed by atoms with van der Waals surface area (Å²) in [5.74, 6) is -1.23. The molecule has 2 unspecified atom stereocenters. The van der Waals surface area contributed by atoms with Crippen LogP contribution < -0.4 is 4.74 Å². The van der Waals surface area contributed by atoms with Gasteiger partial charge in [0.25, 0.3) is 0 Å². The molecule has 1 fully saturated rings. The van der Waals surface area contributed by atoms with Crippen LogP contribution >= 0.6 is 34.8 Å². The normalized spacial score (nSPS) is 19.6. The molecular weight excluding hydrogens is 485 g/mol. The van der Waals surface area contributed by atoms with Gasteiger partial charge in [0.1, 0.15) is 36.0 Å². The van der Waals surface area contributed by atoms with Gasteiger partial charge < -0.3 is 23.8 Å². The van der Waals surface area contributed by atoms with Crippen molar-refractivity contribution >= 4 is 52.8 Å². The summed E-state index contributed by atoms with van der Waals surface area (Å²) in [6.45, 7) is 6.31. The van der Waals surface area contributed by atoms with Gasteiger partial charge in [-0.1, -0.05) is 46.9 Å². The molecule has 0 aromatic heterocycles. The minimum Gasteiger partial charge on any atom is -0.497 e. The molecule has 1 amide bonds. The highest BCUT2D eigenvalue weighted by atomic mass is 35.6. The minimum absolute atomic E-state index is 0.174. The standard InChI is InChI=1S/C21H26Cl3NO7/c1-12(31-19(28)30-11-21(22,23)24)15-16(18(27)32-20(2,3)4)25(17(15)26)10-13-6-8-14(29-5)9-7-13/h6-9,12,15-16H,10-11H2,1-5H3/t12-,15?,16?/m1/s1. The van der Waals surface area contributed by atoms with Gasteiger partial charge in [-0.05, 0) is 45.4 Å². The van der Waals surface area contributed by atoms with Crippen LogP contribution in [0.1, 0.15) is 33.3 Å². The van der Waals surface area contributed by atoms with Crippen LogP contribution in [0.2, 0.25) is 0 Å². The number of carbonyl (C=O) groups is 3. The number of benzene rings is 1. The molecule has 8 nitrogen and oxygen atoms in total. The fraction of sp³-hybridized carbons (Fsp3) is 0.571. The van der Waals surface area contributed by atoms with Crippen LogP contribution in [0.4, 0.5) is 4.79 Å². The topological polar surface area (TPSA) is 91.4 Å². The zero-order valence-electron chi connectivity index (χ0n) is 18.4. The summed E-state index contributed by atoms with van der Waals surface area (Å²) in [5, 5.41) is 0. The van der Waals surface area contributed by atoms with Crippen molar-refractivity contribution in [2.75, 3.05) is 13.7 Å². The molecule has 3 atom stereocenters. The molecule has 0 saturated carbocycles. The first-order valence-corrected chi connectivity index (χ1v) is 10.9. The van der Waals surface area contributed by atoms with E-state index in [2.05, 4.69) is 0 Å². The van der Waals surface area contributed by atoms with Crippen LogP contribution in [0.25, 0.3) is 0 Å². The number of methoxy groups -OCH3 is 1. The summed E-state index contributed by atoms with van der Waals surface area (Å²) in [5.41, 5.74) is 0.0289. The van der Waals surface area contributed by atoms with Gasteiger partial charge in [0, 0.05) is 6.54 Å². The van der Waals surface area contributed by atoms with Crippen LogP contribution in [0.3, 0.4) is 0 Å². The van der Waals surface area contributed by atoms with Gasteiger partial charge in [-0.25, -0.2) is 9.59 Å². The summed E-state index contributed by atoms with van der Waals surface area (Å²) < 4.78 is 18.7. The molecule has 1 aliphatic rings. The number of ether oxygens (including phenoxy) is 4. The van der Waals surface area contributed by atoms with Crippen LogP contribution in [-0.4, -0.2) is 58.2 Å². The number of nitrogens with zero attached hydrogens (tertiary/aromatic N) is 1. The van der Waals surface area contributed by atoms with Crippen LogP contribution in [0.5, 0.6) is 5.75 Å². The van der Waals surface area contributed by atoms with E-state index in [1.54, 1.807) is 52.1 Å². The van der Waals surface area contributed by atoms with Crippen molar-refractivity contribution in [3.05, 3.63) is 29.8 Å². The van der Waals surface area contributed by atoms with Crippen molar-refractivity contribution < 1.29 is 33.3 Å². The van der Waals surface area contributed by atoms with Crippen LogP contribution in [0.15, 0.2) is 24.3 Å². The fourth-order valence-corrected chi connectivity index (χ4v) is 3.34. The molecule has 0 spiro atoms. The van der Waals surface area contributed by atoms with Gasteiger partial charge in [-0.3, -0.25) is 4.79 Å². The Labute approximate surface area is 202 Å². The lowest BCUT2D eigenvalue weighted by molar-refractivity contribution is -0.188. The Morgan fingerprint density at radius 1 is 1.12 bits per heavy atom. The lowest BCUT2D eigenvalue weighted by atomic mass is 9.82. The molecule has 1 saturated heterocycles. The SMILES string of the molecule is COc1ccc(CN2C(=O)C([C@@H](C)OC(=O)OCC(Cl)(Cl)Cl)C2C(=O)OC(C)(C)C)cc1. The number of carbonyl (C=O) groups excluding carboxylic acids is 3. The van der Waals surface area contributed by atoms with E-state index in [-0.39, 0.29) is 12.5 Å². The molecule has 1 aliphatic heterocycles. The third-order valence-corrected chi connectivity index (χ3v) is 4.87. The first-order chi connectivity index (χ1) is 14.7. The summed E-state index contributed by atoms with van der Waals surface area (Å²) >= 11 is 16.6. The number of likely N-dealkylation sites (tertiary alicyclic amines) is 1. The van der Waals surface area contributed by atoms with Crippen molar-refractivity contribution in [3.8, 4) is 5.75 Å². The predicted octanol–water partition coefficient (Wildman–Crippen LogP) is 4.28. The maximum absolute atomic E-state index is 12.9. The van der Waals surface area contributed by atoms with Crippen LogP contribution in [-0.2, 0) is 30.3 Å². The van der Waals surface area contributed by atoms with Crippen molar-refractivity contribution in [1.82, 2.24) is 4.90 Å². The van der Waals surface area contributed by atoms with E-state index < -0.39 is 46.2 Å². The zero-order valence-corrected chi connectivity index (χ0v) is 20.7. The Morgan fingerprint density at radius 2 is 1.72 bits per heavy atom. The third-order valence-electron chi connectivity index (χ3n) is 4.55. The second-order valence-corrected chi connectivity index (χ2v) is 10.8. The maximum atomic E-state index is 12.9. The maximum Gasteiger partial charge on any atom is 0.508 e. The molecule has 0 radical (unpaired) electrons. The summed E-state index contributed by atoms with van der Waals surface area (Å²) in [6, 6.07) is 6.15. The van der Waals surface area contributed by atoms with E-state index in [4.69, 9.17) is 53.8 Å². The summed E-state index contributed by atoms with van der Waals surface area (Å²) in [4.78, 5) is 39.1. The lowest BCUT2D eigenvalue weighted by Crippen LogP contribution is -2.67. The fourth-order valence-electron chi connectivity index (χ4n) is 3.17. The molecular formula is C21H26Cl3NO7. The molecule has 0 aliphatic carbocycles. The van der Waals surface area contributed by atoms with E-state index in [0.717, 1.165) is 5.56 Å². The number of halogens is 3. The largest absolute Gasteiger partial charge is 0.508 e. The number of hydrogen-bond donors (Lipinski definition) is 0. The Bertz CT molecular complexity index is 833. The molecule has 2 rings (SSSR count). The van der Waals surface area contributed by atoms with Gasteiger partial charge in [-0.2, -0.15) is 0 Å². The first kappa shape index (κ1) is 26.4. The lowest BCUT2D eigenvalue weighted by Gasteiger charge is -2.47. The third kappa shape index (κ3) is 7.32. The average molecular weight is 511 g/mol. The monoisotopic (exact) mass is 509 g/mol. The number of hydrogen-bond acceptors (Lipinski definition) is 7. The summed E-state index contributed by atoms with van der Waals surface area (Å²) in [7, 11) is 1.55. The van der Waals surface area contributed by atoms with E-state index >= 15 is 0 Å². The molecule has 32 heavy (non-hydrogen) atoms. The number of esters is 1. The average Bonchev–Trinajstić information content (AvgIpc) is 2.66. The van der Waals surface area contributed by atoms with Gasteiger partial charge in [0.2, 0.25) is 9.70 Å². The van der Waals surface area contributed by atoms with Gasteiger partial charge in [0.15, 0.2) is 0 Å². The molecule has 1 aromatic rings. The second-order valence-electron chi connectivity index (χ2n) is 8.30. The Balaban J connectivity index is 2.14. The molecule has 0 bridgehead atoms. The molecule has 11 heteroatoms. The molecule has 0 N–H and O–H groups in total. The highest BCUT2D eigenvalue weighted by Crippen LogP contribution is 2.35. The van der Waals surface area contributed by atoms with Crippen molar-refractivity contribution in [1.29, 1.82) is 0 Å². The van der Waals surface area contributed by atoms with E-state index in [0.29, 0.717) is 5.75 Å².